The molecule has 9 nitrogen and oxygen atoms in total. The van der Waals surface area contributed by atoms with Crippen molar-refractivity contribution in [2.45, 2.75) is 31.5 Å². The van der Waals surface area contributed by atoms with Crippen molar-refractivity contribution in [3.05, 3.63) is 43.0 Å². The molecule has 3 N–H and O–H groups in total. The molecule has 0 spiro atoms. The Labute approximate surface area is 155 Å². The van der Waals surface area contributed by atoms with Gasteiger partial charge in [0, 0.05) is 12.2 Å². The maximum Gasteiger partial charge on any atom is 0.167 e. The van der Waals surface area contributed by atoms with Crippen LogP contribution in [0.25, 0.3) is 11.2 Å². The molecule has 1 fully saturated rings. The van der Waals surface area contributed by atoms with Gasteiger partial charge in [0.1, 0.15) is 24.6 Å². The SMILES string of the molecule is CCN(c1ccccc1)c1ncnc2c1ncn2C1O[C@H](CO)[C@@H](O)[C@H]1O. The van der Waals surface area contributed by atoms with E-state index in [1.165, 1.54) is 12.7 Å². The molecule has 2 aromatic heterocycles. The van der Waals surface area contributed by atoms with Crippen LogP contribution in [0.2, 0.25) is 0 Å². The van der Waals surface area contributed by atoms with Gasteiger partial charge in [-0.25, -0.2) is 15.0 Å². The number of ether oxygens (including phenoxy) is 1. The average molecular weight is 371 g/mol. The number of rotatable bonds is 5. The van der Waals surface area contributed by atoms with Crippen LogP contribution in [-0.4, -0.2) is 66.3 Å². The molecule has 3 heterocycles. The maximum atomic E-state index is 10.3. The first-order valence-corrected chi connectivity index (χ1v) is 8.78. The molecule has 4 atom stereocenters. The lowest BCUT2D eigenvalue weighted by molar-refractivity contribution is -0.0511. The first-order valence-electron chi connectivity index (χ1n) is 8.78. The molecule has 0 aliphatic carbocycles. The number of aliphatic hydroxyl groups excluding tert-OH is 3. The smallest absolute Gasteiger partial charge is 0.167 e. The molecule has 0 saturated carbocycles. The van der Waals surface area contributed by atoms with E-state index in [1.54, 1.807) is 4.57 Å². The second-order valence-corrected chi connectivity index (χ2v) is 6.33. The van der Waals surface area contributed by atoms with E-state index in [1.807, 2.05) is 42.2 Å². The van der Waals surface area contributed by atoms with Crippen molar-refractivity contribution in [2.24, 2.45) is 0 Å². The molecule has 1 unspecified atom stereocenters. The van der Waals surface area contributed by atoms with Crippen LogP contribution in [0, 0.1) is 0 Å². The highest BCUT2D eigenvalue weighted by molar-refractivity contribution is 5.86. The minimum atomic E-state index is -1.20. The van der Waals surface area contributed by atoms with Crippen molar-refractivity contribution in [3.8, 4) is 0 Å². The number of hydrogen-bond acceptors (Lipinski definition) is 8. The van der Waals surface area contributed by atoms with E-state index in [0.29, 0.717) is 23.5 Å². The van der Waals surface area contributed by atoms with Crippen LogP contribution >= 0.6 is 0 Å². The van der Waals surface area contributed by atoms with Crippen LogP contribution < -0.4 is 4.90 Å². The van der Waals surface area contributed by atoms with Gasteiger partial charge in [-0.3, -0.25) is 4.57 Å². The van der Waals surface area contributed by atoms with Crippen molar-refractivity contribution in [2.75, 3.05) is 18.1 Å². The van der Waals surface area contributed by atoms with Gasteiger partial charge in [0.05, 0.1) is 12.9 Å². The Morgan fingerprint density at radius 3 is 2.56 bits per heavy atom. The molecule has 3 aromatic rings. The zero-order valence-corrected chi connectivity index (χ0v) is 14.8. The molecule has 27 heavy (non-hydrogen) atoms. The van der Waals surface area contributed by atoms with Crippen LogP contribution in [-0.2, 0) is 4.74 Å². The number of hydrogen-bond donors (Lipinski definition) is 3. The molecule has 0 bridgehead atoms. The van der Waals surface area contributed by atoms with Crippen LogP contribution in [0.15, 0.2) is 43.0 Å². The van der Waals surface area contributed by atoms with Crippen molar-refractivity contribution < 1.29 is 20.1 Å². The Morgan fingerprint density at radius 2 is 1.89 bits per heavy atom. The van der Waals surface area contributed by atoms with Crippen molar-refractivity contribution >= 4 is 22.7 Å². The maximum absolute atomic E-state index is 10.3. The monoisotopic (exact) mass is 371 g/mol. The fraction of sp³-hybridized carbons (Fsp3) is 0.389. The van der Waals surface area contributed by atoms with Gasteiger partial charge < -0.3 is 25.0 Å². The summed E-state index contributed by atoms with van der Waals surface area (Å²) in [5.74, 6) is 0.638. The van der Waals surface area contributed by atoms with E-state index in [9.17, 15) is 15.3 Å². The van der Waals surface area contributed by atoms with Crippen molar-refractivity contribution in [1.82, 2.24) is 19.5 Å². The highest BCUT2D eigenvalue weighted by Gasteiger charge is 2.44. The summed E-state index contributed by atoms with van der Waals surface area (Å²) in [5.41, 5.74) is 2.01. The van der Waals surface area contributed by atoms with Crippen LogP contribution in [0.4, 0.5) is 11.5 Å². The quantitative estimate of drug-likeness (QED) is 0.597. The number of para-hydroxylation sites is 1. The van der Waals surface area contributed by atoms with Crippen molar-refractivity contribution in [3.63, 3.8) is 0 Å². The highest BCUT2D eigenvalue weighted by atomic mass is 16.6. The molecule has 0 radical (unpaired) electrons. The summed E-state index contributed by atoms with van der Waals surface area (Å²) in [6, 6.07) is 9.83. The Bertz CT molecular complexity index is 919. The Balaban J connectivity index is 1.76. The predicted molar refractivity (Wildman–Crippen MR) is 97.5 cm³/mol. The topological polar surface area (TPSA) is 117 Å². The molecule has 1 aromatic carbocycles. The second kappa shape index (κ2) is 7.20. The lowest BCUT2D eigenvalue weighted by Gasteiger charge is -2.22. The van der Waals surface area contributed by atoms with Crippen LogP contribution in [0.1, 0.15) is 13.2 Å². The number of imidazole rings is 1. The van der Waals surface area contributed by atoms with E-state index < -0.39 is 24.5 Å². The van der Waals surface area contributed by atoms with Gasteiger partial charge in [-0.2, -0.15) is 0 Å². The molecule has 1 saturated heterocycles. The first kappa shape index (κ1) is 17.8. The minimum Gasteiger partial charge on any atom is -0.394 e. The number of fused-ring (bicyclic) bond motifs is 1. The Hall–Kier alpha value is -2.59. The van der Waals surface area contributed by atoms with Crippen molar-refractivity contribution in [1.29, 1.82) is 0 Å². The average Bonchev–Trinajstić information content (AvgIpc) is 3.25. The van der Waals surface area contributed by atoms with Gasteiger partial charge in [0.15, 0.2) is 23.2 Å². The van der Waals surface area contributed by atoms with Crippen LogP contribution in [0.5, 0.6) is 0 Å². The zero-order chi connectivity index (χ0) is 19.0. The fourth-order valence-electron chi connectivity index (χ4n) is 3.40. The summed E-state index contributed by atoms with van der Waals surface area (Å²) in [6.07, 6.45) is -1.20. The largest absolute Gasteiger partial charge is 0.394 e. The molecule has 1 aliphatic rings. The summed E-state index contributed by atoms with van der Waals surface area (Å²) in [7, 11) is 0. The minimum absolute atomic E-state index is 0.390. The molecule has 4 rings (SSSR count). The fourth-order valence-corrected chi connectivity index (χ4v) is 3.40. The van der Waals surface area contributed by atoms with Gasteiger partial charge in [0.2, 0.25) is 0 Å². The predicted octanol–water partition coefficient (Wildman–Crippen LogP) is 0.596. The van der Waals surface area contributed by atoms with E-state index in [4.69, 9.17) is 4.74 Å². The first-order chi connectivity index (χ1) is 13.2. The molecule has 9 heteroatoms. The highest BCUT2D eigenvalue weighted by Crippen LogP contribution is 2.34. The van der Waals surface area contributed by atoms with Crippen LogP contribution in [0.3, 0.4) is 0 Å². The summed E-state index contributed by atoms with van der Waals surface area (Å²) in [4.78, 5) is 15.1. The lowest BCUT2D eigenvalue weighted by Crippen LogP contribution is -2.33. The number of aromatic nitrogens is 4. The normalized spacial score (nSPS) is 25.2. The van der Waals surface area contributed by atoms with E-state index >= 15 is 0 Å². The van der Waals surface area contributed by atoms with E-state index in [2.05, 4.69) is 15.0 Å². The third-order valence-electron chi connectivity index (χ3n) is 4.77. The number of aliphatic hydroxyl groups is 3. The molecule has 1 aliphatic heterocycles. The number of nitrogens with zero attached hydrogens (tertiary/aromatic N) is 5. The summed E-state index contributed by atoms with van der Waals surface area (Å²) >= 11 is 0. The molecular weight excluding hydrogens is 350 g/mol. The molecule has 142 valence electrons. The standard InChI is InChI=1S/C18H21N5O4/c1-2-22(11-6-4-3-5-7-11)16-13-17(20-9-19-16)23(10-21-13)18-15(26)14(25)12(8-24)27-18/h3-7,9-10,12,14-15,18,24-26H,2,8H2,1H3/t12-,14-,15-,18?/m1/s1. The zero-order valence-electron chi connectivity index (χ0n) is 14.8. The Kier molecular flexibility index (Phi) is 4.75. The number of benzene rings is 1. The third-order valence-corrected chi connectivity index (χ3v) is 4.77. The molecule has 0 amide bonds. The van der Waals surface area contributed by atoms with E-state index in [0.717, 1.165) is 5.69 Å². The van der Waals surface area contributed by atoms with Gasteiger partial charge in [-0.15, -0.1) is 0 Å². The summed E-state index contributed by atoms with van der Waals surface area (Å²) < 4.78 is 7.16. The van der Waals surface area contributed by atoms with Gasteiger partial charge >= 0.3 is 0 Å². The van der Waals surface area contributed by atoms with E-state index in [-0.39, 0.29) is 6.61 Å². The second-order valence-electron chi connectivity index (χ2n) is 6.33. The lowest BCUT2D eigenvalue weighted by atomic mass is 10.1. The van der Waals surface area contributed by atoms with Gasteiger partial charge in [0.25, 0.3) is 0 Å². The van der Waals surface area contributed by atoms with Gasteiger partial charge in [-0.1, -0.05) is 18.2 Å². The number of anilines is 2. The third kappa shape index (κ3) is 2.94. The van der Waals surface area contributed by atoms with Gasteiger partial charge in [-0.05, 0) is 19.1 Å². The summed E-state index contributed by atoms with van der Waals surface area (Å²) in [6.45, 7) is 2.31. The molecular formula is C18H21N5O4. The Morgan fingerprint density at radius 1 is 1.11 bits per heavy atom. The summed E-state index contributed by atoms with van der Waals surface area (Å²) in [5, 5.41) is 29.6.